The molecule has 25 heavy (non-hydrogen) atoms. The first-order valence-corrected chi connectivity index (χ1v) is 8.34. The van der Waals surface area contributed by atoms with Crippen molar-refractivity contribution in [3.05, 3.63) is 53.6 Å². The maximum Gasteiger partial charge on any atom is 0.251 e. The first-order valence-electron chi connectivity index (χ1n) is 8.34. The molecule has 5 heteroatoms. The van der Waals surface area contributed by atoms with E-state index in [-0.39, 0.29) is 11.9 Å². The van der Waals surface area contributed by atoms with E-state index in [9.17, 15) is 4.79 Å². The molecule has 1 unspecified atom stereocenters. The van der Waals surface area contributed by atoms with Gasteiger partial charge in [-0.05, 0) is 68.8 Å². The Labute approximate surface area is 148 Å². The van der Waals surface area contributed by atoms with Crippen LogP contribution in [0.1, 0.15) is 29.8 Å². The van der Waals surface area contributed by atoms with E-state index in [0.29, 0.717) is 18.8 Å². The van der Waals surface area contributed by atoms with E-state index in [1.54, 1.807) is 13.2 Å². The van der Waals surface area contributed by atoms with Crippen LogP contribution in [0.2, 0.25) is 0 Å². The van der Waals surface area contributed by atoms with Gasteiger partial charge in [0, 0.05) is 5.56 Å². The molecule has 2 aromatic rings. The Morgan fingerprint density at radius 2 is 1.76 bits per heavy atom. The number of ether oxygens (including phenoxy) is 3. The maximum absolute atomic E-state index is 12.3. The fourth-order valence-electron chi connectivity index (χ4n) is 2.35. The van der Waals surface area contributed by atoms with Crippen molar-refractivity contribution in [1.29, 1.82) is 0 Å². The minimum atomic E-state index is -0.128. The zero-order valence-electron chi connectivity index (χ0n) is 15.2. The molecule has 1 N–H and O–H groups in total. The Morgan fingerprint density at radius 3 is 2.36 bits per heavy atom. The van der Waals surface area contributed by atoms with Crippen molar-refractivity contribution in [2.75, 3.05) is 20.3 Å². The summed E-state index contributed by atoms with van der Waals surface area (Å²) in [5, 5.41) is 2.94. The smallest absolute Gasteiger partial charge is 0.251 e. The number of hydrogen-bond acceptors (Lipinski definition) is 4. The van der Waals surface area contributed by atoms with Crippen molar-refractivity contribution >= 4 is 5.91 Å². The Hall–Kier alpha value is -2.69. The third kappa shape index (κ3) is 5.41. The number of benzene rings is 2. The molecule has 0 spiro atoms. The molecule has 0 aliphatic rings. The Kier molecular flexibility index (Phi) is 6.69. The van der Waals surface area contributed by atoms with Crippen LogP contribution in [0.5, 0.6) is 17.2 Å². The molecule has 0 saturated carbocycles. The third-order valence-electron chi connectivity index (χ3n) is 3.67. The number of hydrogen-bond donors (Lipinski definition) is 1. The molecule has 0 bridgehead atoms. The monoisotopic (exact) mass is 343 g/mol. The van der Waals surface area contributed by atoms with Crippen LogP contribution in [0.3, 0.4) is 0 Å². The van der Waals surface area contributed by atoms with Gasteiger partial charge in [0.15, 0.2) is 0 Å². The minimum absolute atomic E-state index is 0.124. The number of carbonyl (C=O) groups is 1. The van der Waals surface area contributed by atoms with Gasteiger partial charge in [-0.2, -0.15) is 0 Å². The summed E-state index contributed by atoms with van der Waals surface area (Å²) in [6, 6.07) is 12.6. The van der Waals surface area contributed by atoms with Crippen LogP contribution in [0.4, 0.5) is 0 Å². The van der Waals surface area contributed by atoms with E-state index in [0.717, 1.165) is 22.8 Å². The SMILES string of the molecule is CCOc1ccc(C(=O)NC(C)COc2ccc(OC)cc2)cc1C. The van der Waals surface area contributed by atoms with Gasteiger partial charge in [0.2, 0.25) is 0 Å². The van der Waals surface area contributed by atoms with Gasteiger partial charge < -0.3 is 19.5 Å². The van der Waals surface area contributed by atoms with Crippen LogP contribution in [0.15, 0.2) is 42.5 Å². The first kappa shape index (κ1) is 18.6. The Morgan fingerprint density at radius 1 is 1.08 bits per heavy atom. The molecule has 0 saturated heterocycles. The fraction of sp³-hybridized carbons (Fsp3) is 0.350. The molecule has 2 aromatic carbocycles. The summed E-state index contributed by atoms with van der Waals surface area (Å²) in [6.07, 6.45) is 0. The number of carbonyl (C=O) groups excluding carboxylic acids is 1. The third-order valence-corrected chi connectivity index (χ3v) is 3.67. The molecule has 0 radical (unpaired) electrons. The molecule has 0 aliphatic heterocycles. The molecule has 5 nitrogen and oxygen atoms in total. The van der Waals surface area contributed by atoms with E-state index in [1.165, 1.54) is 0 Å². The number of nitrogens with one attached hydrogen (secondary N) is 1. The predicted molar refractivity (Wildman–Crippen MR) is 97.8 cm³/mol. The average molecular weight is 343 g/mol. The van der Waals surface area contributed by atoms with Crippen molar-refractivity contribution in [2.24, 2.45) is 0 Å². The maximum atomic E-state index is 12.3. The molecule has 0 heterocycles. The summed E-state index contributed by atoms with van der Waals surface area (Å²) >= 11 is 0. The van der Waals surface area contributed by atoms with Crippen molar-refractivity contribution in [3.63, 3.8) is 0 Å². The molecule has 0 aromatic heterocycles. The first-order chi connectivity index (χ1) is 12.0. The van der Waals surface area contributed by atoms with Crippen LogP contribution in [-0.4, -0.2) is 32.3 Å². The lowest BCUT2D eigenvalue weighted by Gasteiger charge is -2.16. The highest BCUT2D eigenvalue weighted by Gasteiger charge is 2.12. The van der Waals surface area contributed by atoms with E-state index in [4.69, 9.17) is 14.2 Å². The van der Waals surface area contributed by atoms with Crippen LogP contribution >= 0.6 is 0 Å². The lowest BCUT2D eigenvalue weighted by molar-refractivity contribution is 0.0926. The lowest BCUT2D eigenvalue weighted by atomic mass is 10.1. The standard InChI is InChI=1S/C20H25NO4/c1-5-24-19-11-6-16(12-14(19)2)20(22)21-15(3)13-25-18-9-7-17(23-4)8-10-18/h6-12,15H,5,13H2,1-4H3,(H,21,22). The summed E-state index contributed by atoms with van der Waals surface area (Å²) in [4.78, 5) is 12.3. The van der Waals surface area contributed by atoms with Crippen molar-refractivity contribution in [3.8, 4) is 17.2 Å². The minimum Gasteiger partial charge on any atom is -0.497 e. The van der Waals surface area contributed by atoms with Gasteiger partial charge in [-0.1, -0.05) is 0 Å². The molecular formula is C20H25NO4. The van der Waals surface area contributed by atoms with Gasteiger partial charge >= 0.3 is 0 Å². The second-order valence-electron chi connectivity index (χ2n) is 5.77. The second-order valence-corrected chi connectivity index (χ2v) is 5.77. The van der Waals surface area contributed by atoms with Gasteiger partial charge in [0.05, 0.1) is 19.8 Å². The lowest BCUT2D eigenvalue weighted by Crippen LogP contribution is -2.36. The Bertz CT molecular complexity index is 697. The zero-order chi connectivity index (χ0) is 18.2. The molecular weight excluding hydrogens is 318 g/mol. The number of aryl methyl sites for hydroxylation is 1. The normalized spacial score (nSPS) is 11.5. The number of amides is 1. The topological polar surface area (TPSA) is 56.8 Å². The highest BCUT2D eigenvalue weighted by atomic mass is 16.5. The molecule has 1 atom stereocenters. The highest BCUT2D eigenvalue weighted by Crippen LogP contribution is 2.19. The van der Waals surface area contributed by atoms with Crippen LogP contribution in [0, 0.1) is 6.92 Å². The second kappa shape index (κ2) is 8.97. The van der Waals surface area contributed by atoms with Gasteiger partial charge in [0.25, 0.3) is 5.91 Å². The summed E-state index contributed by atoms with van der Waals surface area (Å²) in [7, 11) is 1.62. The van der Waals surface area contributed by atoms with Crippen LogP contribution in [-0.2, 0) is 0 Å². The molecule has 2 rings (SSSR count). The molecule has 0 fully saturated rings. The van der Waals surface area contributed by atoms with Crippen molar-refractivity contribution in [1.82, 2.24) is 5.32 Å². The largest absolute Gasteiger partial charge is 0.497 e. The van der Waals surface area contributed by atoms with E-state index in [2.05, 4.69) is 5.32 Å². The molecule has 0 aliphatic carbocycles. The van der Waals surface area contributed by atoms with Crippen LogP contribution < -0.4 is 19.5 Å². The number of rotatable bonds is 8. The van der Waals surface area contributed by atoms with E-state index in [1.807, 2.05) is 57.2 Å². The quantitative estimate of drug-likeness (QED) is 0.796. The number of methoxy groups -OCH3 is 1. The van der Waals surface area contributed by atoms with Gasteiger partial charge in [0.1, 0.15) is 23.9 Å². The van der Waals surface area contributed by atoms with Crippen LogP contribution in [0.25, 0.3) is 0 Å². The summed E-state index contributed by atoms with van der Waals surface area (Å²) in [5.74, 6) is 2.19. The Balaban J connectivity index is 1.87. The summed E-state index contributed by atoms with van der Waals surface area (Å²) in [6.45, 7) is 6.76. The highest BCUT2D eigenvalue weighted by molar-refractivity contribution is 5.94. The zero-order valence-corrected chi connectivity index (χ0v) is 15.2. The van der Waals surface area contributed by atoms with Crippen molar-refractivity contribution < 1.29 is 19.0 Å². The molecule has 134 valence electrons. The van der Waals surface area contributed by atoms with Gasteiger partial charge in [-0.3, -0.25) is 4.79 Å². The summed E-state index contributed by atoms with van der Waals surface area (Å²) in [5.41, 5.74) is 1.55. The predicted octanol–water partition coefficient (Wildman–Crippen LogP) is 3.60. The fourth-order valence-corrected chi connectivity index (χ4v) is 2.35. The molecule has 1 amide bonds. The van der Waals surface area contributed by atoms with E-state index >= 15 is 0 Å². The summed E-state index contributed by atoms with van der Waals surface area (Å²) < 4.78 is 16.3. The van der Waals surface area contributed by atoms with Gasteiger partial charge in [-0.15, -0.1) is 0 Å². The van der Waals surface area contributed by atoms with Crippen molar-refractivity contribution in [2.45, 2.75) is 26.8 Å². The average Bonchev–Trinajstić information content (AvgIpc) is 2.62. The van der Waals surface area contributed by atoms with Gasteiger partial charge in [-0.25, -0.2) is 0 Å². The van der Waals surface area contributed by atoms with E-state index < -0.39 is 0 Å².